The lowest BCUT2D eigenvalue weighted by Crippen LogP contribution is -2.59. The summed E-state index contributed by atoms with van der Waals surface area (Å²) in [5.41, 5.74) is -4.61. The third-order valence-electron chi connectivity index (χ3n) is 11.7. The monoisotopic (exact) mass is 824 g/mol. The molecular formula is C39H50F3N5O9S. The average Bonchev–Trinajstić information content (AvgIpc) is 4.01. The molecule has 0 spiro atoms. The van der Waals surface area contributed by atoms with Crippen molar-refractivity contribution in [1.82, 2.24) is 25.2 Å². The Balaban J connectivity index is 1.36. The molecule has 18 heteroatoms. The van der Waals surface area contributed by atoms with E-state index >= 15 is 0 Å². The van der Waals surface area contributed by atoms with Crippen molar-refractivity contribution in [2.75, 3.05) is 13.6 Å². The Bertz CT molecular complexity index is 2170. The van der Waals surface area contributed by atoms with Gasteiger partial charge in [0.2, 0.25) is 33.3 Å². The molecule has 14 nitrogen and oxygen atoms in total. The third-order valence-corrected chi connectivity index (χ3v) is 13.8. The van der Waals surface area contributed by atoms with Crippen LogP contribution in [0.2, 0.25) is 0 Å². The maximum absolute atomic E-state index is 14.8. The second-order valence-electron chi connectivity index (χ2n) is 16.6. The molecule has 0 bridgehead atoms. The number of amides is 4. The van der Waals surface area contributed by atoms with Crippen molar-refractivity contribution in [1.29, 1.82) is 0 Å². The van der Waals surface area contributed by atoms with Crippen LogP contribution >= 0.6 is 0 Å². The highest BCUT2D eigenvalue weighted by molar-refractivity contribution is 7.91. The summed E-state index contributed by atoms with van der Waals surface area (Å²) in [5.74, 6) is -4.03. The Morgan fingerprint density at radius 1 is 1.11 bits per heavy atom. The fourth-order valence-electron chi connectivity index (χ4n) is 7.52. The molecule has 312 valence electrons. The number of hydrogen-bond donors (Lipinski definition) is 3. The number of halogens is 3. The molecule has 7 atom stereocenters. The van der Waals surface area contributed by atoms with Gasteiger partial charge >= 0.3 is 12.3 Å². The number of sulfonamides is 1. The van der Waals surface area contributed by atoms with E-state index in [1.807, 2.05) is 13.0 Å². The van der Waals surface area contributed by atoms with Crippen molar-refractivity contribution in [3.05, 3.63) is 42.6 Å². The van der Waals surface area contributed by atoms with Crippen molar-refractivity contribution in [3.8, 4) is 11.6 Å². The van der Waals surface area contributed by atoms with Crippen molar-refractivity contribution in [3.63, 3.8) is 0 Å². The van der Waals surface area contributed by atoms with E-state index in [0.29, 0.717) is 56.7 Å². The van der Waals surface area contributed by atoms with E-state index in [0.717, 1.165) is 11.1 Å². The first-order valence-electron chi connectivity index (χ1n) is 20.4. The van der Waals surface area contributed by atoms with Crippen molar-refractivity contribution < 1.29 is 59.1 Å². The van der Waals surface area contributed by atoms with Gasteiger partial charge in [-0.15, -0.1) is 0 Å². The molecule has 6 rings (SSSR count). The zero-order valence-corrected chi connectivity index (χ0v) is 33.1. The highest BCUT2D eigenvalue weighted by Gasteiger charge is 2.63. The number of nitrogens with zero attached hydrogens (tertiary/aromatic N) is 2. The fraction of sp³-hybridized carbons (Fsp3) is 0.615. The van der Waals surface area contributed by atoms with E-state index in [4.69, 9.17) is 18.3 Å². The van der Waals surface area contributed by atoms with E-state index in [1.165, 1.54) is 6.92 Å². The normalized spacial score (nSPS) is 30.7. The van der Waals surface area contributed by atoms with Crippen molar-refractivity contribution in [2.24, 2.45) is 17.8 Å². The summed E-state index contributed by atoms with van der Waals surface area (Å²) in [6, 6.07) is 3.59. The number of fused-ring (bicyclic) bond motifs is 3. The summed E-state index contributed by atoms with van der Waals surface area (Å²) in [6.07, 6.45) is -0.728. The Morgan fingerprint density at radius 2 is 1.81 bits per heavy atom. The minimum atomic E-state index is -4.94. The minimum absolute atomic E-state index is 0.000868. The molecular weight excluding hydrogens is 772 g/mol. The molecule has 4 aliphatic rings. The van der Waals surface area contributed by atoms with Gasteiger partial charge in [0, 0.05) is 23.1 Å². The molecule has 1 aromatic heterocycles. The van der Waals surface area contributed by atoms with Crippen LogP contribution in [0.5, 0.6) is 11.6 Å². The van der Waals surface area contributed by atoms with Gasteiger partial charge in [0.15, 0.2) is 0 Å². The predicted octanol–water partition coefficient (Wildman–Crippen LogP) is 4.91. The number of carbonyl (C=O) groups is 4. The van der Waals surface area contributed by atoms with Crippen LogP contribution in [0.1, 0.15) is 83.7 Å². The van der Waals surface area contributed by atoms with E-state index < -0.39 is 93.0 Å². The van der Waals surface area contributed by atoms with Crippen LogP contribution in [-0.4, -0.2) is 96.0 Å². The molecule has 0 radical (unpaired) electrons. The van der Waals surface area contributed by atoms with Crippen LogP contribution in [0.4, 0.5) is 18.0 Å². The Hall–Kier alpha value is -4.61. The van der Waals surface area contributed by atoms with E-state index in [-0.39, 0.29) is 36.9 Å². The lowest BCUT2D eigenvalue weighted by Gasteiger charge is -2.34. The summed E-state index contributed by atoms with van der Waals surface area (Å²) in [7, 11) is -6.91. The molecule has 1 aromatic carbocycles. The first kappa shape index (κ1) is 37.9. The van der Waals surface area contributed by atoms with Gasteiger partial charge in [-0.2, -0.15) is 13.2 Å². The van der Waals surface area contributed by atoms with Crippen molar-refractivity contribution >= 4 is 44.6 Å². The van der Waals surface area contributed by atoms with Gasteiger partial charge in [0.25, 0.3) is 5.91 Å². The number of nitrogens with one attached hydrogen (secondary N) is 3. The summed E-state index contributed by atoms with van der Waals surface area (Å²) in [6.45, 7) is 6.10. The molecule has 3 fully saturated rings. The minimum Gasteiger partial charge on any atom is -0.494 e. The van der Waals surface area contributed by atoms with Crippen LogP contribution < -0.4 is 24.8 Å². The number of allylic oxidation sites excluding steroid dienone is 1. The first-order chi connectivity index (χ1) is 27.8. The second-order valence-corrected chi connectivity index (χ2v) is 18.8. The van der Waals surface area contributed by atoms with Gasteiger partial charge < -0.3 is 29.7 Å². The third kappa shape index (κ3) is 8.51. The quantitative estimate of drug-likeness (QED) is 0.310. The van der Waals surface area contributed by atoms with E-state index in [2.05, 4.69) is 20.3 Å². The molecule has 3 N–H and O–H groups in total. The number of rotatable bonds is 8. The Morgan fingerprint density at radius 3 is 2.47 bits per heavy atom. The Labute approximate surface area is 333 Å². The number of ether oxygens (including phenoxy) is 3. The largest absolute Gasteiger partial charge is 0.494 e. The number of aromatic nitrogens is 1. The molecule has 4 amide bonds. The molecule has 2 saturated carbocycles. The summed E-state index contributed by atoms with van der Waals surface area (Å²) < 4.78 is 108. The van der Waals surface area contributed by atoms with Crippen LogP contribution in [0.3, 0.4) is 0 Å². The van der Waals surface area contributed by atoms with E-state index in [9.17, 15) is 40.8 Å². The predicted molar refractivity (Wildman–Crippen MR) is 201 cm³/mol. The van der Waals surface area contributed by atoms with Crippen LogP contribution in [0, 0.1) is 17.8 Å². The second kappa shape index (κ2) is 15.3. The zero-order chi connectivity index (χ0) is 44.2. The number of hydrogen-bond acceptors (Lipinski definition) is 10. The average molecular weight is 825 g/mol. The molecule has 3 heterocycles. The number of benzene rings is 1. The lowest BCUT2D eigenvalue weighted by atomic mass is 9.88. The van der Waals surface area contributed by atoms with Gasteiger partial charge in [0.05, 0.1) is 28.6 Å². The molecule has 2 aliphatic heterocycles. The standard InChI is InChI=1S/C39H50F3N5O9S/c1-22-11-7-8-12-24-19-38(24,34(50)46-57(52,53)37(5)15-16-37)45-31(48)28-18-25(55-32-27-14-10-9-13-26(27)29(54-6)20-43-32)21-47(28)33(49)30(23(2)17-22)44-35(51)56-36(3,4)39(40,41)42/h8-10,12-14,20,22-25,28,30H,7,11,15-19,21H2,1-6H3,(H,44,51)(H,45,48)(H,46,50)/b12-8-/t22-,23+,24+,25+,28-,30-,38+/m0/s1/i6D3. The van der Waals surface area contributed by atoms with E-state index in [1.54, 1.807) is 37.3 Å². The highest BCUT2D eigenvalue weighted by Crippen LogP contribution is 2.48. The Kier molecular flexibility index (Phi) is 10.2. The first-order valence-corrected chi connectivity index (χ1v) is 20.4. The summed E-state index contributed by atoms with van der Waals surface area (Å²) in [5, 5.41) is 5.77. The maximum Gasteiger partial charge on any atom is 0.427 e. The smallest absolute Gasteiger partial charge is 0.427 e. The highest BCUT2D eigenvalue weighted by atomic mass is 32.2. The number of pyridine rings is 1. The SMILES string of the molecule is [2H]C([2H])([2H])Oc1cnc(O[C@@H]2C[C@H]3C(=O)N[C@]4(C(=O)NS(=O)(=O)C5(C)CC5)C[C@H]4/C=C\CC[C@H](C)C[C@@H](C)[C@H](NC(=O)OC(C)(C)C(F)(F)F)C(=O)N3C2)c2ccccc12. The molecule has 1 saturated heterocycles. The molecule has 0 unspecified atom stereocenters. The summed E-state index contributed by atoms with van der Waals surface area (Å²) in [4.78, 5) is 61.8. The van der Waals surface area contributed by atoms with Gasteiger partial charge in [-0.1, -0.05) is 44.2 Å². The lowest BCUT2D eigenvalue weighted by molar-refractivity contribution is -0.244. The fourth-order valence-corrected chi connectivity index (χ4v) is 8.83. The van der Waals surface area contributed by atoms with Gasteiger partial charge in [0.1, 0.15) is 29.5 Å². The number of alkyl halides is 3. The van der Waals surface area contributed by atoms with Crippen LogP contribution in [-0.2, 0) is 29.1 Å². The summed E-state index contributed by atoms with van der Waals surface area (Å²) >= 11 is 0. The molecule has 2 aromatic rings. The van der Waals surface area contributed by atoms with Gasteiger partial charge in [-0.25, -0.2) is 18.2 Å². The zero-order valence-electron chi connectivity index (χ0n) is 35.3. The topological polar surface area (TPSA) is 182 Å². The van der Waals surface area contributed by atoms with Crippen LogP contribution in [0.15, 0.2) is 42.6 Å². The van der Waals surface area contributed by atoms with Gasteiger partial charge in [-0.05, 0) is 77.2 Å². The molecule has 57 heavy (non-hydrogen) atoms. The van der Waals surface area contributed by atoms with Crippen molar-refractivity contribution in [2.45, 2.75) is 120 Å². The molecule has 2 aliphatic carbocycles. The number of methoxy groups -OCH3 is 1. The number of carbonyl (C=O) groups excluding carboxylic acids is 4. The maximum atomic E-state index is 14.8. The van der Waals surface area contributed by atoms with Gasteiger partial charge in [-0.3, -0.25) is 19.1 Å². The van der Waals surface area contributed by atoms with Crippen LogP contribution in [0.25, 0.3) is 10.8 Å². The number of alkyl carbamates (subject to hydrolysis) is 1.